The molecule has 1 saturated heterocycles. The van der Waals surface area contributed by atoms with E-state index in [0.717, 1.165) is 5.56 Å². The molecule has 0 saturated carbocycles. The Morgan fingerprint density at radius 3 is 2.65 bits per heavy atom. The van der Waals surface area contributed by atoms with Gasteiger partial charge in [-0.05, 0) is 17.7 Å². The highest BCUT2D eigenvalue weighted by molar-refractivity contribution is 8.00. The minimum absolute atomic E-state index is 0.0115. The Morgan fingerprint density at radius 1 is 1.25 bits per heavy atom. The minimum Gasteiger partial charge on any atom is -0.493 e. The first-order valence-corrected chi connectivity index (χ1v) is 7.38. The minimum atomic E-state index is 0.0115. The Balaban J connectivity index is 2.23. The maximum atomic E-state index is 11.9. The lowest BCUT2D eigenvalue weighted by Gasteiger charge is -2.24. The monoisotopic (exact) mass is 297 g/mol. The second-order valence-corrected chi connectivity index (χ2v) is 5.43. The van der Waals surface area contributed by atoms with Crippen LogP contribution in [0.1, 0.15) is 10.9 Å². The predicted octanol–water partition coefficient (Wildman–Crippen LogP) is 1.92. The smallest absolute Gasteiger partial charge is 0.233 e. The molecule has 1 aromatic carbocycles. The predicted molar refractivity (Wildman–Crippen MR) is 78.3 cm³/mol. The van der Waals surface area contributed by atoms with Gasteiger partial charge in [0.1, 0.15) is 5.37 Å². The summed E-state index contributed by atoms with van der Waals surface area (Å²) in [4.78, 5) is 13.8. The van der Waals surface area contributed by atoms with Crippen LogP contribution >= 0.6 is 11.8 Å². The van der Waals surface area contributed by atoms with Crippen LogP contribution in [0.2, 0.25) is 0 Å². The van der Waals surface area contributed by atoms with Gasteiger partial charge in [0.25, 0.3) is 0 Å². The summed E-state index contributed by atoms with van der Waals surface area (Å²) >= 11 is 1.62. The van der Waals surface area contributed by atoms with Gasteiger partial charge >= 0.3 is 0 Å². The Bertz CT molecular complexity index is 480. The van der Waals surface area contributed by atoms with Crippen LogP contribution in [0.15, 0.2) is 18.2 Å². The Kier molecular flexibility index (Phi) is 5.14. The highest BCUT2D eigenvalue weighted by atomic mass is 32.2. The number of methoxy groups -OCH3 is 3. The zero-order chi connectivity index (χ0) is 14.5. The van der Waals surface area contributed by atoms with Crippen LogP contribution in [0.4, 0.5) is 0 Å². The summed E-state index contributed by atoms with van der Waals surface area (Å²) in [5, 5.41) is 0.0115. The van der Waals surface area contributed by atoms with Gasteiger partial charge in [-0.15, -0.1) is 11.8 Å². The molecule has 5 nitrogen and oxygen atoms in total. The van der Waals surface area contributed by atoms with E-state index in [-0.39, 0.29) is 11.3 Å². The number of hydrogen-bond donors (Lipinski definition) is 0. The number of thioether (sulfide) groups is 1. The number of nitrogens with zero attached hydrogens (tertiary/aromatic N) is 1. The Labute approximate surface area is 123 Å². The second-order valence-electron chi connectivity index (χ2n) is 4.36. The van der Waals surface area contributed by atoms with Gasteiger partial charge < -0.3 is 19.1 Å². The van der Waals surface area contributed by atoms with Crippen molar-refractivity contribution < 1.29 is 19.0 Å². The van der Waals surface area contributed by atoms with Crippen LogP contribution in [-0.2, 0) is 9.53 Å². The van der Waals surface area contributed by atoms with E-state index in [1.54, 1.807) is 33.1 Å². The van der Waals surface area contributed by atoms with Gasteiger partial charge in [0.2, 0.25) is 5.91 Å². The summed E-state index contributed by atoms with van der Waals surface area (Å²) in [5.41, 5.74) is 1.04. The van der Waals surface area contributed by atoms with Crippen LogP contribution in [0, 0.1) is 0 Å². The highest BCUT2D eigenvalue weighted by Gasteiger charge is 2.32. The molecular formula is C14H19NO4S. The molecule has 1 heterocycles. The maximum Gasteiger partial charge on any atom is 0.233 e. The average Bonchev–Trinajstić information content (AvgIpc) is 2.85. The van der Waals surface area contributed by atoms with E-state index in [1.807, 2.05) is 23.1 Å². The topological polar surface area (TPSA) is 48.0 Å². The van der Waals surface area contributed by atoms with Crippen molar-refractivity contribution in [1.29, 1.82) is 0 Å². The first kappa shape index (κ1) is 15.0. The third-order valence-electron chi connectivity index (χ3n) is 3.20. The molecule has 110 valence electrons. The normalized spacial score (nSPS) is 18.4. The molecule has 1 aliphatic rings. The van der Waals surface area contributed by atoms with Gasteiger partial charge in [-0.25, -0.2) is 0 Å². The molecule has 6 heteroatoms. The van der Waals surface area contributed by atoms with E-state index in [4.69, 9.17) is 14.2 Å². The molecule has 1 amide bonds. The van der Waals surface area contributed by atoms with Crippen molar-refractivity contribution in [2.75, 3.05) is 40.2 Å². The highest BCUT2D eigenvalue weighted by Crippen LogP contribution is 2.41. The fourth-order valence-electron chi connectivity index (χ4n) is 2.17. The van der Waals surface area contributed by atoms with E-state index in [1.165, 1.54) is 0 Å². The molecule has 0 aromatic heterocycles. The molecule has 1 aromatic rings. The molecule has 0 radical (unpaired) electrons. The number of carbonyl (C=O) groups is 1. The molecule has 0 N–H and O–H groups in total. The van der Waals surface area contributed by atoms with Crippen LogP contribution in [0.3, 0.4) is 0 Å². The van der Waals surface area contributed by atoms with Crippen molar-refractivity contribution in [2.24, 2.45) is 0 Å². The third-order valence-corrected chi connectivity index (χ3v) is 4.45. The van der Waals surface area contributed by atoms with E-state index in [0.29, 0.717) is 30.4 Å². The quantitative estimate of drug-likeness (QED) is 0.803. The van der Waals surface area contributed by atoms with Gasteiger partial charge in [0.15, 0.2) is 11.5 Å². The average molecular weight is 297 g/mol. The molecule has 0 spiro atoms. The van der Waals surface area contributed by atoms with E-state index in [9.17, 15) is 4.79 Å². The standard InChI is InChI=1S/C14H19NO4S/c1-17-7-6-15-13(16)9-20-14(15)10-4-5-11(18-2)12(8-10)19-3/h4-5,8,14H,6-7,9H2,1-3H3/t14-/m0/s1. The van der Waals surface area contributed by atoms with E-state index < -0.39 is 0 Å². The number of amides is 1. The molecule has 2 rings (SSSR count). The Morgan fingerprint density at radius 2 is 2.00 bits per heavy atom. The lowest BCUT2D eigenvalue weighted by molar-refractivity contribution is -0.128. The third kappa shape index (κ3) is 3.02. The van der Waals surface area contributed by atoms with Crippen LogP contribution < -0.4 is 9.47 Å². The number of carbonyl (C=O) groups excluding carboxylic acids is 1. The first-order chi connectivity index (χ1) is 9.71. The molecule has 0 unspecified atom stereocenters. The summed E-state index contributed by atoms with van der Waals surface area (Å²) in [7, 11) is 4.85. The SMILES string of the molecule is COCCN1C(=O)CS[C@H]1c1ccc(OC)c(OC)c1. The molecule has 1 atom stereocenters. The second kappa shape index (κ2) is 6.85. The summed E-state index contributed by atoms with van der Waals surface area (Å²) in [6.45, 7) is 1.14. The zero-order valence-corrected chi connectivity index (χ0v) is 12.7. The number of rotatable bonds is 6. The fraction of sp³-hybridized carbons (Fsp3) is 0.500. The lowest BCUT2D eigenvalue weighted by Crippen LogP contribution is -2.31. The van der Waals surface area contributed by atoms with Crippen molar-refractivity contribution in [3.8, 4) is 11.5 Å². The maximum absolute atomic E-state index is 11.9. The molecule has 1 fully saturated rings. The molecule has 0 bridgehead atoms. The van der Waals surface area contributed by atoms with Gasteiger partial charge in [-0.2, -0.15) is 0 Å². The van der Waals surface area contributed by atoms with Crippen molar-refractivity contribution in [3.05, 3.63) is 23.8 Å². The number of ether oxygens (including phenoxy) is 3. The van der Waals surface area contributed by atoms with Gasteiger partial charge in [-0.3, -0.25) is 4.79 Å². The van der Waals surface area contributed by atoms with Crippen molar-refractivity contribution in [2.45, 2.75) is 5.37 Å². The molecule has 0 aliphatic carbocycles. The number of benzene rings is 1. The first-order valence-electron chi connectivity index (χ1n) is 6.33. The molecule has 20 heavy (non-hydrogen) atoms. The van der Waals surface area contributed by atoms with Crippen molar-refractivity contribution in [3.63, 3.8) is 0 Å². The van der Waals surface area contributed by atoms with Gasteiger partial charge in [0, 0.05) is 13.7 Å². The van der Waals surface area contributed by atoms with Crippen LogP contribution in [-0.4, -0.2) is 51.0 Å². The van der Waals surface area contributed by atoms with Gasteiger partial charge in [-0.1, -0.05) is 6.07 Å². The summed E-state index contributed by atoms with van der Waals surface area (Å²) in [6.07, 6.45) is 0. The molecule has 1 aliphatic heterocycles. The van der Waals surface area contributed by atoms with Crippen molar-refractivity contribution in [1.82, 2.24) is 4.90 Å². The van der Waals surface area contributed by atoms with Crippen LogP contribution in [0.5, 0.6) is 11.5 Å². The largest absolute Gasteiger partial charge is 0.493 e. The van der Waals surface area contributed by atoms with E-state index >= 15 is 0 Å². The molecular weight excluding hydrogens is 278 g/mol. The summed E-state index contributed by atoms with van der Waals surface area (Å²) in [5.74, 6) is 2.01. The van der Waals surface area contributed by atoms with Gasteiger partial charge in [0.05, 0.1) is 26.6 Å². The zero-order valence-electron chi connectivity index (χ0n) is 11.9. The summed E-state index contributed by atoms with van der Waals surface area (Å²) < 4.78 is 15.6. The van der Waals surface area contributed by atoms with Crippen LogP contribution in [0.25, 0.3) is 0 Å². The lowest BCUT2D eigenvalue weighted by atomic mass is 10.2. The Hall–Kier alpha value is -1.40. The van der Waals surface area contributed by atoms with Crippen molar-refractivity contribution >= 4 is 17.7 Å². The fourth-order valence-corrected chi connectivity index (χ4v) is 3.38. The summed E-state index contributed by atoms with van der Waals surface area (Å²) in [6, 6.07) is 5.76. The number of hydrogen-bond acceptors (Lipinski definition) is 5. The van der Waals surface area contributed by atoms with E-state index in [2.05, 4.69) is 0 Å².